The zero-order valence-corrected chi connectivity index (χ0v) is 11.6. The predicted molar refractivity (Wildman–Crippen MR) is 73.3 cm³/mol. The van der Waals surface area contributed by atoms with Gasteiger partial charge in [-0.15, -0.1) is 0 Å². The number of ether oxygens (including phenoxy) is 1. The van der Waals surface area contributed by atoms with E-state index < -0.39 is 9.84 Å². The summed E-state index contributed by atoms with van der Waals surface area (Å²) in [6.07, 6.45) is 2.53. The summed E-state index contributed by atoms with van der Waals surface area (Å²) in [6, 6.07) is 7.59. The molecule has 0 aliphatic heterocycles. The molecule has 0 saturated heterocycles. The van der Waals surface area contributed by atoms with Crippen molar-refractivity contribution in [1.29, 1.82) is 0 Å². The smallest absolute Gasteiger partial charge is 0.238 e. The van der Waals surface area contributed by atoms with Crippen molar-refractivity contribution in [1.82, 2.24) is 4.98 Å². The zero-order chi connectivity index (χ0) is 14.0. The maximum Gasteiger partial charge on any atom is 0.238 e. The summed E-state index contributed by atoms with van der Waals surface area (Å²) in [5, 5.41) is 0.254. The maximum absolute atomic E-state index is 11.4. The topological polar surface area (TPSA) is 82.3 Å². The number of benzene rings is 1. The third kappa shape index (κ3) is 3.36. The van der Waals surface area contributed by atoms with Crippen LogP contribution >= 0.6 is 11.6 Å². The van der Waals surface area contributed by atoms with Gasteiger partial charge >= 0.3 is 0 Å². The molecule has 0 unspecified atom stereocenters. The molecule has 0 spiro atoms. The van der Waals surface area contributed by atoms with E-state index in [2.05, 4.69) is 4.98 Å². The number of hydrogen-bond donors (Lipinski definition) is 1. The van der Waals surface area contributed by atoms with E-state index in [4.69, 9.17) is 22.1 Å². The minimum atomic E-state index is -3.29. The zero-order valence-electron chi connectivity index (χ0n) is 10.00. The fourth-order valence-corrected chi connectivity index (χ4v) is 2.26. The molecule has 0 saturated carbocycles. The Hall–Kier alpha value is -1.79. The highest BCUT2D eigenvalue weighted by atomic mass is 35.5. The number of nitrogen functional groups attached to an aromatic ring is 1. The number of anilines is 1. The number of aromatic nitrogens is 1. The summed E-state index contributed by atoms with van der Waals surface area (Å²) in [4.78, 5) is 4.10. The molecular weight excluding hydrogens is 288 g/mol. The third-order valence-electron chi connectivity index (χ3n) is 2.28. The van der Waals surface area contributed by atoms with Gasteiger partial charge in [-0.05, 0) is 24.3 Å². The van der Waals surface area contributed by atoms with E-state index in [1.807, 2.05) is 0 Å². The summed E-state index contributed by atoms with van der Waals surface area (Å²) in [6.45, 7) is 0. The van der Waals surface area contributed by atoms with Crippen molar-refractivity contribution in [3.63, 3.8) is 0 Å². The Morgan fingerprint density at radius 3 is 2.68 bits per heavy atom. The predicted octanol–water partition coefficient (Wildman–Crippen LogP) is 2.51. The van der Waals surface area contributed by atoms with Crippen molar-refractivity contribution in [2.45, 2.75) is 4.90 Å². The molecule has 0 radical (unpaired) electrons. The van der Waals surface area contributed by atoms with Gasteiger partial charge in [0.15, 0.2) is 9.84 Å². The lowest BCUT2D eigenvalue weighted by molar-refractivity contribution is 0.462. The van der Waals surface area contributed by atoms with Crippen molar-refractivity contribution in [2.24, 2.45) is 0 Å². The van der Waals surface area contributed by atoms with E-state index in [9.17, 15) is 8.42 Å². The molecule has 7 heteroatoms. The fraction of sp³-hybridized carbons (Fsp3) is 0.0833. The van der Waals surface area contributed by atoms with Crippen molar-refractivity contribution < 1.29 is 13.2 Å². The van der Waals surface area contributed by atoms with Gasteiger partial charge in [0.05, 0.1) is 16.8 Å². The van der Waals surface area contributed by atoms with Crippen LogP contribution in [0.25, 0.3) is 0 Å². The van der Waals surface area contributed by atoms with E-state index in [0.717, 1.165) is 6.26 Å². The second-order valence-electron chi connectivity index (χ2n) is 3.90. The largest absolute Gasteiger partial charge is 0.437 e. The molecule has 5 nitrogen and oxygen atoms in total. The van der Waals surface area contributed by atoms with Crippen molar-refractivity contribution in [2.75, 3.05) is 12.0 Å². The minimum absolute atomic E-state index is 0.163. The normalized spacial score (nSPS) is 11.3. The lowest BCUT2D eigenvalue weighted by Gasteiger charge is -2.07. The molecule has 1 aromatic carbocycles. The van der Waals surface area contributed by atoms with Crippen molar-refractivity contribution in [3.05, 3.63) is 41.6 Å². The molecule has 2 N–H and O–H groups in total. The van der Waals surface area contributed by atoms with Gasteiger partial charge in [0.25, 0.3) is 0 Å². The quantitative estimate of drug-likeness (QED) is 0.941. The van der Waals surface area contributed by atoms with Crippen LogP contribution in [-0.4, -0.2) is 19.7 Å². The Kier molecular flexibility index (Phi) is 3.64. The minimum Gasteiger partial charge on any atom is -0.437 e. The van der Waals surface area contributed by atoms with Crippen LogP contribution in [0, 0.1) is 0 Å². The number of nitrogens with two attached hydrogens (primary N) is 1. The summed E-state index contributed by atoms with van der Waals surface area (Å²) in [5.74, 6) is 0.503. The van der Waals surface area contributed by atoms with Crippen LogP contribution in [0.5, 0.6) is 11.6 Å². The first-order chi connectivity index (χ1) is 8.86. The number of hydrogen-bond acceptors (Lipinski definition) is 5. The average Bonchev–Trinajstić information content (AvgIpc) is 2.32. The molecule has 0 fully saturated rings. The van der Waals surface area contributed by atoms with Gasteiger partial charge in [0.2, 0.25) is 5.88 Å². The van der Waals surface area contributed by atoms with E-state index in [-0.39, 0.29) is 15.8 Å². The molecule has 19 heavy (non-hydrogen) atoms. The second-order valence-corrected chi connectivity index (χ2v) is 6.33. The van der Waals surface area contributed by atoms with Crippen LogP contribution < -0.4 is 10.5 Å². The second kappa shape index (κ2) is 5.07. The Bertz CT molecular complexity index is 717. The Labute approximate surface area is 115 Å². The third-order valence-corrected chi connectivity index (χ3v) is 3.66. The van der Waals surface area contributed by atoms with Gasteiger partial charge in [0.1, 0.15) is 10.8 Å². The van der Waals surface area contributed by atoms with Gasteiger partial charge in [-0.2, -0.15) is 0 Å². The number of nitrogens with zero attached hydrogens (tertiary/aromatic N) is 1. The molecular formula is C12H11ClN2O3S. The number of pyridine rings is 1. The van der Waals surface area contributed by atoms with Crippen LogP contribution in [0.1, 0.15) is 0 Å². The van der Waals surface area contributed by atoms with Crippen molar-refractivity contribution >= 4 is 27.1 Å². The highest BCUT2D eigenvalue weighted by Crippen LogP contribution is 2.29. The van der Waals surface area contributed by atoms with Gasteiger partial charge < -0.3 is 10.5 Å². The molecule has 1 heterocycles. The Morgan fingerprint density at radius 1 is 1.32 bits per heavy atom. The van der Waals surface area contributed by atoms with Crippen molar-refractivity contribution in [3.8, 4) is 11.6 Å². The molecule has 0 atom stereocenters. The highest BCUT2D eigenvalue weighted by Gasteiger charge is 2.10. The molecule has 2 aromatic rings. The number of sulfone groups is 1. The van der Waals surface area contributed by atoms with E-state index in [1.54, 1.807) is 12.1 Å². The van der Waals surface area contributed by atoms with Gasteiger partial charge in [-0.3, -0.25) is 0 Å². The van der Waals surface area contributed by atoms with E-state index in [0.29, 0.717) is 11.4 Å². The van der Waals surface area contributed by atoms with Crippen LogP contribution in [0.15, 0.2) is 41.4 Å². The lowest BCUT2D eigenvalue weighted by Crippen LogP contribution is -1.97. The maximum atomic E-state index is 11.4. The first-order valence-electron chi connectivity index (χ1n) is 5.25. The molecule has 0 aliphatic carbocycles. The monoisotopic (exact) mass is 298 g/mol. The SMILES string of the molecule is CS(=O)(=O)c1cccc(Oc2ncc(N)cc2Cl)c1. The summed E-state index contributed by atoms with van der Waals surface area (Å²) < 4.78 is 28.3. The Morgan fingerprint density at radius 2 is 2.05 bits per heavy atom. The van der Waals surface area contributed by atoms with Gasteiger partial charge in [-0.1, -0.05) is 17.7 Å². The molecule has 1 aromatic heterocycles. The Balaban J connectivity index is 2.34. The van der Waals surface area contributed by atoms with E-state index in [1.165, 1.54) is 24.4 Å². The first kappa shape index (κ1) is 13.6. The van der Waals surface area contributed by atoms with Crippen LogP contribution in [0.2, 0.25) is 5.02 Å². The number of halogens is 1. The van der Waals surface area contributed by atoms with Crippen LogP contribution in [0.4, 0.5) is 5.69 Å². The number of rotatable bonds is 3. The molecule has 0 aliphatic rings. The first-order valence-corrected chi connectivity index (χ1v) is 7.52. The molecule has 100 valence electrons. The molecule has 0 bridgehead atoms. The van der Waals surface area contributed by atoms with E-state index >= 15 is 0 Å². The van der Waals surface area contributed by atoms with Gasteiger partial charge in [-0.25, -0.2) is 13.4 Å². The highest BCUT2D eigenvalue weighted by molar-refractivity contribution is 7.90. The van der Waals surface area contributed by atoms with Crippen LogP contribution in [-0.2, 0) is 9.84 Å². The molecule has 0 amide bonds. The average molecular weight is 299 g/mol. The lowest BCUT2D eigenvalue weighted by atomic mass is 10.3. The summed E-state index contributed by atoms with van der Waals surface area (Å²) >= 11 is 5.92. The van der Waals surface area contributed by atoms with Crippen LogP contribution in [0.3, 0.4) is 0 Å². The summed E-state index contributed by atoms with van der Waals surface area (Å²) in [5.41, 5.74) is 5.94. The van der Waals surface area contributed by atoms with Gasteiger partial charge in [0, 0.05) is 6.26 Å². The molecule has 2 rings (SSSR count). The fourth-order valence-electron chi connectivity index (χ4n) is 1.40. The standard InChI is InChI=1S/C12H11ClN2O3S/c1-19(16,17)10-4-2-3-9(6-10)18-12-11(13)5-8(14)7-15-12/h2-7H,14H2,1H3. The summed E-state index contributed by atoms with van der Waals surface area (Å²) in [7, 11) is -3.29.